The van der Waals surface area contributed by atoms with Gasteiger partial charge in [0, 0.05) is 0 Å². The first-order valence-corrected chi connectivity index (χ1v) is 4.75. The molecule has 0 unspecified atom stereocenters. The minimum Gasteiger partial charge on any atom is -0.0871 e. The Labute approximate surface area is 76.7 Å². The van der Waals surface area contributed by atoms with Crippen LogP contribution < -0.4 is 0 Å². The molecule has 0 N–H and O–H groups in total. The molecule has 0 aromatic carbocycles. The van der Waals surface area contributed by atoms with Crippen molar-refractivity contribution in [3.05, 3.63) is 34.9 Å². The number of rotatable bonds is 1. The average molecular weight is 164 g/mol. The zero-order valence-corrected chi connectivity index (χ0v) is 8.94. The largest absolute Gasteiger partial charge is 0.0871 e. The van der Waals surface area contributed by atoms with Crippen LogP contribution in [0.4, 0.5) is 0 Å². The summed E-state index contributed by atoms with van der Waals surface area (Å²) in [7, 11) is 0. The van der Waals surface area contributed by atoms with Crippen molar-refractivity contribution in [3.63, 3.8) is 0 Å². The van der Waals surface area contributed by atoms with Gasteiger partial charge in [0.05, 0.1) is 0 Å². The first-order valence-electron chi connectivity index (χ1n) is 4.75. The van der Waals surface area contributed by atoms with E-state index in [-0.39, 0.29) is 0 Å². The van der Waals surface area contributed by atoms with Gasteiger partial charge in [-0.05, 0) is 38.3 Å². The molecule has 0 fully saturated rings. The van der Waals surface area contributed by atoms with E-state index in [0.717, 1.165) is 6.42 Å². The van der Waals surface area contributed by atoms with Crippen molar-refractivity contribution in [2.75, 3.05) is 0 Å². The predicted octanol–water partition coefficient (Wildman–Crippen LogP) is 4.26. The molecule has 0 heteroatoms. The van der Waals surface area contributed by atoms with E-state index in [1.807, 2.05) is 13.8 Å². The van der Waals surface area contributed by atoms with Crippen LogP contribution in [0.5, 0.6) is 0 Å². The number of hydrogen-bond donors (Lipinski definition) is 0. The molecule has 0 aromatic heterocycles. The Kier molecular flexibility index (Phi) is 5.44. The average Bonchev–Trinajstić information content (AvgIpc) is 2.40. The summed E-state index contributed by atoms with van der Waals surface area (Å²) in [4.78, 5) is 0. The molecule has 0 spiro atoms. The quantitative estimate of drug-likeness (QED) is 0.543. The van der Waals surface area contributed by atoms with Gasteiger partial charge < -0.3 is 0 Å². The van der Waals surface area contributed by atoms with Crippen molar-refractivity contribution in [2.24, 2.45) is 0 Å². The minimum absolute atomic E-state index is 1.14. The second-order valence-electron chi connectivity index (χ2n) is 2.79. The predicted molar refractivity (Wildman–Crippen MR) is 57.2 cm³/mol. The summed E-state index contributed by atoms with van der Waals surface area (Å²) < 4.78 is 0. The smallest absolute Gasteiger partial charge is 0.0127 e. The zero-order chi connectivity index (χ0) is 9.56. The van der Waals surface area contributed by atoms with Crippen LogP contribution in [0, 0.1) is 0 Å². The van der Waals surface area contributed by atoms with Crippen LogP contribution in [-0.4, -0.2) is 0 Å². The molecule has 0 heterocycles. The van der Waals surface area contributed by atoms with Crippen LogP contribution in [0.3, 0.4) is 0 Å². The van der Waals surface area contributed by atoms with E-state index in [1.54, 1.807) is 0 Å². The fourth-order valence-corrected chi connectivity index (χ4v) is 1.30. The maximum atomic E-state index is 2.28. The third kappa shape index (κ3) is 2.69. The normalized spacial score (nSPS) is 16.2. The van der Waals surface area contributed by atoms with Crippen LogP contribution in [-0.2, 0) is 0 Å². The lowest BCUT2D eigenvalue weighted by atomic mass is 10.1. The van der Waals surface area contributed by atoms with E-state index in [1.165, 1.54) is 16.7 Å². The maximum absolute atomic E-state index is 2.28. The van der Waals surface area contributed by atoms with Crippen molar-refractivity contribution in [1.29, 1.82) is 0 Å². The second-order valence-corrected chi connectivity index (χ2v) is 2.79. The topological polar surface area (TPSA) is 0 Å². The molecule has 0 atom stereocenters. The Morgan fingerprint density at radius 2 is 1.83 bits per heavy atom. The van der Waals surface area contributed by atoms with Gasteiger partial charge in [-0.15, -0.1) is 0 Å². The molecule has 0 aliphatic heterocycles. The van der Waals surface area contributed by atoms with E-state index in [9.17, 15) is 0 Å². The Morgan fingerprint density at radius 3 is 2.17 bits per heavy atom. The molecule has 0 nitrogen and oxygen atoms in total. The highest BCUT2D eigenvalue weighted by Crippen LogP contribution is 2.25. The van der Waals surface area contributed by atoms with Crippen molar-refractivity contribution in [1.82, 2.24) is 0 Å². The second kappa shape index (κ2) is 5.82. The van der Waals surface area contributed by atoms with Crippen molar-refractivity contribution in [2.45, 2.75) is 41.0 Å². The first kappa shape index (κ1) is 11.2. The zero-order valence-electron chi connectivity index (χ0n) is 8.94. The fourth-order valence-electron chi connectivity index (χ4n) is 1.30. The molecule has 0 saturated heterocycles. The molecular formula is C12H20. The molecule has 0 saturated carbocycles. The van der Waals surface area contributed by atoms with Gasteiger partial charge in [0.15, 0.2) is 0 Å². The molecule has 0 radical (unpaired) electrons. The Hall–Kier alpha value is -0.780. The lowest BCUT2D eigenvalue weighted by Gasteiger charge is -1.97. The number of hydrogen-bond acceptors (Lipinski definition) is 0. The lowest BCUT2D eigenvalue weighted by molar-refractivity contribution is 1.24. The fraction of sp³-hybridized carbons (Fsp3) is 0.500. The monoisotopic (exact) mass is 164 g/mol. The molecule has 1 aliphatic carbocycles. The van der Waals surface area contributed by atoms with Gasteiger partial charge in [-0.25, -0.2) is 0 Å². The van der Waals surface area contributed by atoms with Gasteiger partial charge in [0.25, 0.3) is 0 Å². The van der Waals surface area contributed by atoms with E-state index < -0.39 is 0 Å². The standard InChI is InChI=1S/C10H14.C2H6/c1-4-5-10-8(2)6-7-9(10)3;1-2/h4-6H,7H2,1-3H3;1-2H3/b5-4-;. The van der Waals surface area contributed by atoms with E-state index in [0.29, 0.717) is 0 Å². The summed E-state index contributed by atoms with van der Waals surface area (Å²) in [6.07, 6.45) is 7.71. The molecule has 0 amide bonds. The van der Waals surface area contributed by atoms with Crippen LogP contribution in [0.15, 0.2) is 34.9 Å². The summed E-state index contributed by atoms with van der Waals surface area (Å²) in [5.41, 5.74) is 4.36. The third-order valence-electron chi connectivity index (χ3n) is 1.93. The molecule has 1 rings (SSSR count). The number of allylic oxidation sites excluding steroid dienone is 6. The summed E-state index contributed by atoms with van der Waals surface area (Å²) >= 11 is 0. The molecule has 0 aromatic rings. The molecule has 12 heavy (non-hydrogen) atoms. The van der Waals surface area contributed by atoms with Crippen LogP contribution >= 0.6 is 0 Å². The van der Waals surface area contributed by atoms with Gasteiger partial charge in [0.2, 0.25) is 0 Å². The Balaban J connectivity index is 0.000000561. The summed E-state index contributed by atoms with van der Waals surface area (Å²) in [6, 6.07) is 0. The lowest BCUT2D eigenvalue weighted by Crippen LogP contribution is -1.77. The van der Waals surface area contributed by atoms with Gasteiger partial charge >= 0.3 is 0 Å². The van der Waals surface area contributed by atoms with Gasteiger partial charge in [-0.3, -0.25) is 0 Å². The van der Waals surface area contributed by atoms with Gasteiger partial charge in [-0.1, -0.05) is 37.6 Å². The van der Waals surface area contributed by atoms with Crippen LogP contribution in [0.1, 0.15) is 41.0 Å². The van der Waals surface area contributed by atoms with Crippen LogP contribution in [0.25, 0.3) is 0 Å². The van der Waals surface area contributed by atoms with E-state index in [4.69, 9.17) is 0 Å². The van der Waals surface area contributed by atoms with Crippen molar-refractivity contribution >= 4 is 0 Å². The molecule has 1 aliphatic rings. The van der Waals surface area contributed by atoms with E-state index in [2.05, 4.69) is 39.0 Å². The highest BCUT2D eigenvalue weighted by atomic mass is 14.1. The molecular weight excluding hydrogens is 144 g/mol. The summed E-state index contributed by atoms with van der Waals surface area (Å²) in [5, 5.41) is 0. The Morgan fingerprint density at radius 1 is 1.25 bits per heavy atom. The summed E-state index contributed by atoms with van der Waals surface area (Å²) in [5.74, 6) is 0. The van der Waals surface area contributed by atoms with Crippen molar-refractivity contribution in [3.8, 4) is 0 Å². The van der Waals surface area contributed by atoms with Gasteiger partial charge in [-0.2, -0.15) is 0 Å². The molecule has 0 bridgehead atoms. The maximum Gasteiger partial charge on any atom is -0.0127 e. The van der Waals surface area contributed by atoms with Crippen LogP contribution in [0.2, 0.25) is 0 Å². The highest BCUT2D eigenvalue weighted by Gasteiger charge is 2.06. The molecule has 68 valence electrons. The SMILES string of the molecule is C/C=C\C1=C(C)CC=C1C.CC. The van der Waals surface area contributed by atoms with Gasteiger partial charge in [0.1, 0.15) is 0 Å². The first-order chi connectivity index (χ1) is 5.75. The summed E-state index contributed by atoms with van der Waals surface area (Å²) in [6.45, 7) is 10.4. The van der Waals surface area contributed by atoms with E-state index >= 15 is 0 Å². The highest BCUT2D eigenvalue weighted by molar-refractivity contribution is 5.47. The Bertz CT molecular complexity index is 214. The minimum atomic E-state index is 1.14. The third-order valence-corrected chi connectivity index (χ3v) is 1.93. The van der Waals surface area contributed by atoms with Crippen molar-refractivity contribution < 1.29 is 0 Å².